The lowest BCUT2D eigenvalue weighted by Crippen LogP contribution is -2.52. The van der Waals surface area contributed by atoms with E-state index >= 15 is 0 Å². The molecule has 0 spiro atoms. The maximum Gasteiger partial charge on any atom is 0.349 e. The lowest BCUT2D eigenvalue weighted by atomic mass is 10.0. The predicted molar refractivity (Wildman–Crippen MR) is 110 cm³/mol. The van der Waals surface area contributed by atoms with Crippen LogP contribution in [0.15, 0.2) is 42.5 Å². The van der Waals surface area contributed by atoms with Crippen molar-refractivity contribution in [3.8, 4) is 0 Å². The monoisotopic (exact) mass is 461 g/mol. The van der Waals surface area contributed by atoms with E-state index in [-0.39, 0.29) is 42.8 Å². The van der Waals surface area contributed by atoms with Gasteiger partial charge in [0.2, 0.25) is 11.8 Å². The minimum absolute atomic E-state index is 0.148. The van der Waals surface area contributed by atoms with Gasteiger partial charge < -0.3 is 10.2 Å². The first kappa shape index (κ1) is 21.9. The highest BCUT2D eigenvalue weighted by Gasteiger charge is 2.41. The number of imide groups is 1. The molecule has 166 valence electrons. The quantitative estimate of drug-likeness (QED) is 0.669. The first-order valence-corrected chi connectivity index (χ1v) is 10.2. The molecule has 2 aromatic carbocycles. The highest BCUT2D eigenvalue weighted by Crippen LogP contribution is 2.30. The number of hydrogen-bond acceptors (Lipinski definition) is 4. The summed E-state index contributed by atoms with van der Waals surface area (Å²) in [6.07, 6.45) is 0.392. The van der Waals surface area contributed by atoms with Crippen LogP contribution < -0.4 is 10.6 Å². The normalized spacial score (nSPS) is 18.4. The van der Waals surface area contributed by atoms with Gasteiger partial charge in [-0.15, -0.1) is 0 Å². The van der Waals surface area contributed by atoms with E-state index in [1.807, 2.05) is 0 Å². The van der Waals surface area contributed by atoms with Gasteiger partial charge in [-0.25, -0.2) is 0 Å². The maximum absolute atomic E-state index is 14.4. The molecular weight excluding hydrogens is 444 g/mol. The highest BCUT2D eigenvalue weighted by molar-refractivity contribution is 6.30. The second-order valence-electron chi connectivity index (χ2n) is 7.66. The van der Waals surface area contributed by atoms with Crippen LogP contribution in [0.5, 0.6) is 0 Å². The van der Waals surface area contributed by atoms with Crippen molar-refractivity contribution in [1.29, 1.82) is 0 Å². The number of fused-ring (bicyclic) bond motifs is 1. The molecule has 2 aromatic rings. The number of alkyl halides is 2. The van der Waals surface area contributed by atoms with E-state index in [4.69, 9.17) is 11.6 Å². The lowest BCUT2D eigenvalue weighted by Gasteiger charge is -2.29. The zero-order chi connectivity index (χ0) is 23.0. The van der Waals surface area contributed by atoms with E-state index in [1.165, 1.54) is 17.0 Å². The molecule has 2 aliphatic rings. The van der Waals surface area contributed by atoms with Crippen molar-refractivity contribution in [1.82, 2.24) is 15.5 Å². The van der Waals surface area contributed by atoms with Crippen molar-refractivity contribution in [2.45, 2.75) is 37.9 Å². The topological polar surface area (TPSA) is 95.6 Å². The summed E-state index contributed by atoms with van der Waals surface area (Å²) in [6.45, 7) is -0.00886. The Hall–Kier alpha value is -3.33. The molecular formula is C22H18ClF2N3O4. The van der Waals surface area contributed by atoms with Crippen LogP contribution >= 0.6 is 11.6 Å². The number of halogens is 3. The van der Waals surface area contributed by atoms with Crippen molar-refractivity contribution in [2.24, 2.45) is 0 Å². The molecule has 2 aliphatic heterocycles. The molecule has 4 rings (SSSR count). The zero-order valence-electron chi connectivity index (χ0n) is 16.7. The second-order valence-corrected chi connectivity index (χ2v) is 8.09. The van der Waals surface area contributed by atoms with Gasteiger partial charge in [0.15, 0.2) is 0 Å². The van der Waals surface area contributed by atoms with E-state index in [0.29, 0.717) is 16.7 Å². The molecule has 0 aromatic heterocycles. The van der Waals surface area contributed by atoms with Crippen LogP contribution in [0.25, 0.3) is 0 Å². The molecule has 4 amide bonds. The number of nitrogens with one attached hydrogen (secondary N) is 2. The smallest absolute Gasteiger partial charge is 0.346 e. The largest absolute Gasteiger partial charge is 0.349 e. The number of piperidine rings is 1. The fourth-order valence-electron chi connectivity index (χ4n) is 3.82. The molecule has 7 nitrogen and oxygen atoms in total. The Morgan fingerprint density at radius 2 is 1.88 bits per heavy atom. The molecule has 2 N–H and O–H groups in total. The molecule has 0 saturated carbocycles. The number of amides is 4. The highest BCUT2D eigenvalue weighted by atomic mass is 35.5. The van der Waals surface area contributed by atoms with Crippen molar-refractivity contribution >= 4 is 35.2 Å². The molecule has 1 fully saturated rings. The average molecular weight is 462 g/mol. The van der Waals surface area contributed by atoms with Gasteiger partial charge in [0.25, 0.3) is 11.8 Å². The summed E-state index contributed by atoms with van der Waals surface area (Å²) in [7, 11) is 0. The number of benzene rings is 2. The van der Waals surface area contributed by atoms with E-state index in [2.05, 4.69) is 10.6 Å². The predicted octanol–water partition coefficient (Wildman–Crippen LogP) is 2.51. The van der Waals surface area contributed by atoms with Crippen LogP contribution in [0.2, 0.25) is 5.02 Å². The Morgan fingerprint density at radius 1 is 1.16 bits per heavy atom. The number of carbonyl (C=O) groups excluding carboxylic acids is 4. The summed E-state index contributed by atoms with van der Waals surface area (Å²) in [5.74, 6) is -6.41. The standard InChI is InChI=1S/C22H18ClF2N3O4/c23-15-4-2-14(3-5-15)22(24,25)21(32)26-10-12-1-6-16-13(9-12)11-28(20(16)31)17-7-8-18(29)27-19(17)30/h1-6,9,17H,7-8,10-11H2,(H,26,32)(H,27,29,30). The number of nitrogens with zero attached hydrogens (tertiary/aromatic N) is 1. The molecule has 1 saturated heterocycles. The van der Waals surface area contributed by atoms with Gasteiger partial charge in [0, 0.05) is 35.7 Å². The number of carbonyl (C=O) groups is 4. The van der Waals surface area contributed by atoms with Gasteiger partial charge in [-0.05, 0) is 35.7 Å². The Balaban J connectivity index is 1.43. The number of rotatable bonds is 5. The Bertz CT molecular complexity index is 1120. The van der Waals surface area contributed by atoms with Crippen LogP contribution in [-0.2, 0) is 33.4 Å². The average Bonchev–Trinajstić information content (AvgIpc) is 3.08. The lowest BCUT2D eigenvalue weighted by molar-refractivity contribution is -0.147. The fraction of sp³-hybridized carbons (Fsp3) is 0.273. The molecule has 0 bridgehead atoms. The molecule has 1 unspecified atom stereocenters. The summed E-state index contributed by atoms with van der Waals surface area (Å²) in [5, 5.41) is 4.73. The third-order valence-electron chi connectivity index (χ3n) is 5.53. The van der Waals surface area contributed by atoms with Gasteiger partial charge >= 0.3 is 5.92 Å². The van der Waals surface area contributed by atoms with Crippen molar-refractivity contribution < 1.29 is 28.0 Å². The van der Waals surface area contributed by atoms with Crippen LogP contribution in [0.3, 0.4) is 0 Å². The van der Waals surface area contributed by atoms with Gasteiger partial charge in [-0.2, -0.15) is 8.78 Å². The van der Waals surface area contributed by atoms with Gasteiger partial charge in [0.05, 0.1) is 0 Å². The van der Waals surface area contributed by atoms with E-state index in [1.54, 1.807) is 18.2 Å². The maximum atomic E-state index is 14.4. The number of hydrogen-bond donors (Lipinski definition) is 2. The molecule has 0 aliphatic carbocycles. The Morgan fingerprint density at radius 3 is 2.56 bits per heavy atom. The molecule has 2 heterocycles. The molecule has 0 radical (unpaired) electrons. The molecule has 32 heavy (non-hydrogen) atoms. The van der Waals surface area contributed by atoms with Crippen LogP contribution in [0.4, 0.5) is 8.78 Å². The first-order valence-electron chi connectivity index (χ1n) is 9.85. The van der Waals surface area contributed by atoms with E-state index < -0.39 is 29.3 Å². The summed E-state index contributed by atoms with van der Waals surface area (Å²) >= 11 is 5.70. The second kappa shape index (κ2) is 8.31. The van der Waals surface area contributed by atoms with Crippen LogP contribution in [0, 0.1) is 0 Å². The van der Waals surface area contributed by atoms with Gasteiger partial charge in [0.1, 0.15) is 6.04 Å². The summed E-state index contributed by atoms with van der Waals surface area (Å²) in [4.78, 5) is 49.7. The van der Waals surface area contributed by atoms with Crippen LogP contribution in [-0.4, -0.2) is 34.6 Å². The summed E-state index contributed by atoms with van der Waals surface area (Å²) < 4.78 is 28.8. The SMILES string of the molecule is O=C1CCC(N2Cc3cc(CNC(=O)C(F)(F)c4ccc(Cl)cc4)ccc3C2=O)C(=O)N1. The zero-order valence-corrected chi connectivity index (χ0v) is 17.4. The van der Waals surface area contributed by atoms with Gasteiger partial charge in [-0.1, -0.05) is 35.9 Å². The minimum atomic E-state index is -3.74. The van der Waals surface area contributed by atoms with Crippen molar-refractivity contribution in [2.75, 3.05) is 0 Å². The third kappa shape index (κ3) is 4.08. The summed E-state index contributed by atoms with van der Waals surface area (Å²) in [5.41, 5.74) is 1.08. The van der Waals surface area contributed by atoms with E-state index in [0.717, 1.165) is 12.1 Å². The third-order valence-corrected chi connectivity index (χ3v) is 5.78. The summed E-state index contributed by atoms with van der Waals surface area (Å²) in [6, 6.07) is 8.74. The Labute approximate surface area is 186 Å². The first-order chi connectivity index (χ1) is 15.2. The van der Waals surface area contributed by atoms with Crippen molar-refractivity contribution in [3.63, 3.8) is 0 Å². The minimum Gasteiger partial charge on any atom is -0.346 e. The van der Waals surface area contributed by atoms with E-state index in [9.17, 15) is 28.0 Å². The fourth-order valence-corrected chi connectivity index (χ4v) is 3.95. The van der Waals surface area contributed by atoms with Crippen molar-refractivity contribution in [3.05, 3.63) is 69.7 Å². The molecule has 10 heteroatoms. The van der Waals surface area contributed by atoms with Crippen LogP contribution in [0.1, 0.15) is 39.9 Å². The van der Waals surface area contributed by atoms with Gasteiger partial charge in [-0.3, -0.25) is 24.5 Å². The molecule has 1 atom stereocenters. The Kier molecular flexibility index (Phi) is 5.68.